The molecule has 0 aliphatic carbocycles. The molecule has 0 radical (unpaired) electrons. The van der Waals surface area contributed by atoms with Crippen molar-refractivity contribution in [2.75, 3.05) is 7.11 Å². The van der Waals surface area contributed by atoms with Gasteiger partial charge in [-0.2, -0.15) is 0 Å². The van der Waals surface area contributed by atoms with Crippen molar-refractivity contribution in [3.63, 3.8) is 0 Å². The second-order valence-electron chi connectivity index (χ2n) is 3.36. The van der Waals surface area contributed by atoms with Gasteiger partial charge in [-0.05, 0) is 25.1 Å². The summed E-state index contributed by atoms with van der Waals surface area (Å²) in [5.41, 5.74) is 0.746. The first-order valence-corrected chi connectivity index (χ1v) is 5.41. The minimum Gasteiger partial charge on any atom is -0.497 e. The van der Waals surface area contributed by atoms with E-state index in [1.54, 1.807) is 26.2 Å². The molecule has 1 aromatic carbocycles. The van der Waals surface area contributed by atoms with E-state index in [1.165, 1.54) is 6.21 Å². The van der Waals surface area contributed by atoms with Crippen LogP contribution in [0.15, 0.2) is 53.4 Å². The van der Waals surface area contributed by atoms with Gasteiger partial charge in [0.15, 0.2) is 0 Å². The van der Waals surface area contributed by atoms with Crippen LogP contribution in [0.2, 0.25) is 0 Å². The molecule has 0 saturated heterocycles. The van der Waals surface area contributed by atoms with Crippen LogP contribution >= 0.6 is 0 Å². The molecule has 0 amide bonds. The SMILES string of the molecule is C=C(C=Nc1cccc(OC)c1)O/C(C=N)=C\C. The van der Waals surface area contributed by atoms with Gasteiger partial charge in [0.1, 0.15) is 17.3 Å². The molecule has 1 N–H and O–H groups in total. The second kappa shape index (κ2) is 7.06. The van der Waals surface area contributed by atoms with E-state index in [4.69, 9.17) is 14.9 Å². The molecule has 0 spiro atoms. The Labute approximate surface area is 107 Å². The molecule has 0 bridgehead atoms. The molecule has 1 rings (SSSR count). The van der Waals surface area contributed by atoms with Gasteiger partial charge in [0.05, 0.1) is 25.2 Å². The van der Waals surface area contributed by atoms with E-state index >= 15 is 0 Å². The smallest absolute Gasteiger partial charge is 0.140 e. The zero-order valence-electron chi connectivity index (χ0n) is 10.5. The van der Waals surface area contributed by atoms with Crippen molar-refractivity contribution >= 4 is 18.1 Å². The molecule has 18 heavy (non-hydrogen) atoms. The minimum atomic E-state index is 0.370. The number of nitrogens with zero attached hydrogens (tertiary/aromatic N) is 1. The first-order valence-electron chi connectivity index (χ1n) is 5.41. The van der Waals surface area contributed by atoms with Crippen LogP contribution in [0.1, 0.15) is 6.92 Å². The third-order valence-corrected chi connectivity index (χ3v) is 2.09. The fourth-order valence-electron chi connectivity index (χ4n) is 1.19. The molecule has 0 aliphatic heterocycles. The predicted molar refractivity (Wildman–Crippen MR) is 73.9 cm³/mol. The molecule has 94 valence electrons. The first-order chi connectivity index (χ1) is 8.69. The van der Waals surface area contributed by atoms with E-state index in [9.17, 15) is 0 Å². The summed E-state index contributed by atoms with van der Waals surface area (Å²) in [7, 11) is 1.60. The van der Waals surface area contributed by atoms with Crippen LogP contribution in [0.5, 0.6) is 5.75 Å². The van der Waals surface area contributed by atoms with Crippen LogP contribution in [-0.2, 0) is 4.74 Å². The molecule has 0 heterocycles. The highest BCUT2D eigenvalue weighted by Gasteiger charge is 1.96. The predicted octanol–water partition coefficient (Wildman–Crippen LogP) is 3.48. The van der Waals surface area contributed by atoms with Crippen molar-refractivity contribution in [1.29, 1.82) is 5.41 Å². The number of aliphatic imine (C=N–C) groups is 1. The van der Waals surface area contributed by atoms with Gasteiger partial charge in [0.2, 0.25) is 0 Å². The van der Waals surface area contributed by atoms with Gasteiger partial charge in [-0.25, -0.2) is 0 Å². The third-order valence-electron chi connectivity index (χ3n) is 2.09. The summed E-state index contributed by atoms with van der Waals surface area (Å²) in [5.74, 6) is 1.54. The van der Waals surface area contributed by atoms with Crippen molar-refractivity contribution in [3.8, 4) is 5.75 Å². The topological polar surface area (TPSA) is 54.7 Å². The van der Waals surface area contributed by atoms with Crippen molar-refractivity contribution in [3.05, 3.63) is 48.4 Å². The lowest BCUT2D eigenvalue weighted by atomic mass is 10.3. The van der Waals surface area contributed by atoms with Crippen LogP contribution in [0.25, 0.3) is 0 Å². The molecule has 0 aromatic heterocycles. The highest BCUT2D eigenvalue weighted by atomic mass is 16.5. The lowest BCUT2D eigenvalue weighted by molar-refractivity contribution is 0.359. The molecule has 0 atom stereocenters. The summed E-state index contributed by atoms with van der Waals surface area (Å²) in [6.07, 6.45) is 4.30. The van der Waals surface area contributed by atoms with E-state index in [0.717, 1.165) is 17.7 Å². The molecular weight excluding hydrogens is 228 g/mol. The Bertz CT molecular complexity index is 490. The zero-order chi connectivity index (χ0) is 13.4. The number of allylic oxidation sites excluding steroid dienone is 3. The van der Waals surface area contributed by atoms with Crippen molar-refractivity contribution in [2.24, 2.45) is 4.99 Å². The summed E-state index contributed by atoms with van der Waals surface area (Å²) >= 11 is 0. The highest BCUT2D eigenvalue weighted by Crippen LogP contribution is 2.19. The average Bonchev–Trinajstić information content (AvgIpc) is 2.42. The van der Waals surface area contributed by atoms with Gasteiger partial charge in [-0.1, -0.05) is 12.6 Å². The number of hydrogen-bond acceptors (Lipinski definition) is 4. The lowest BCUT2D eigenvalue weighted by Gasteiger charge is -2.03. The van der Waals surface area contributed by atoms with Crippen LogP contribution in [0, 0.1) is 5.41 Å². The van der Waals surface area contributed by atoms with Crippen molar-refractivity contribution in [2.45, 2.75) is 6.92 Å². The largest absolute Gasteiger partial charge is 0.497 e. The Morgan fingerprint density at radius 1 is 1.44 bits per heavy atom. The van der Waals surface area contributed by atoms with Gasteiger partial charge in [-0.15, -0.1) is 0 Å². The Morgan fingerprint density at radius 2 is 2.22 bits per heavy atom. The third kappa shape index (κ3) is 4.25. The van der Waals surface area contributed by atoms with Gasteiger partial charge >= 0.3 is 0 Å². The molecule has 4 heteroatoms. The van der Waals surface area contributed by atoms with Crippen LogP contribution < -0.4 is 4.74 Å². The molecular formula is C14H16N2O2. The Hall–Kier alpha value is -2.36. The van der Waals surface area contributed by atoms with Crippen molar-refractivity contribution in [1.82, 2.24) is 0 Å². The van der Waals surface area contributed by atoms with Gasteiger partial charge < -0.3 is 14.9 Å². The number of methoxy groups -OCH3 is 1. The fraction of sp³-hybridized carbons (Fsp3) is 0.143. The van der Waals surface area contributed by atoms with E-state index in [1.807, 2.05) is 18.2 Å². The van der Waals surface area contributed by atoms with Gasteiger partial charge in [0.25, 0.3) is 0 Å². The highest BCUT2D eigenvalue weighted by molar-refractivity contribution is 5.80. The Kier molecular flexibility index (Phi) is 5.38. The summed E-state index contributed by atoms with van der Waals surface area (Å²) < 4.78 is 10.4. The maximum atomic E-state index is 7.08. The second-order valence-corrected chi connectivity index (χ2v) is 3.36. The van der Waals surface area contributed by atoms with Crippen LogP contribution in [-0.4, -0.2) is 19.5 Å². The number of ether oxygens (including phenoxy) is 2. The van der Waals surface area contributed by atoms with Crippen LogP contribution in [0.4, 0.5) is 5.69 Å². The normalized spacial score (nSPS) is 11.3. The fourth-order valence-corrected chi connectivity index (χ4v) is 1.19. The summed E-state index contributed by atoms with van der Waals surface area (Å²) in [6.45, 7) is 5.49. The summed E-state index contributed by atoms with van der Waals surface area (Å²) in [5, 5.41) is 7.08. The van der Waals surface area contributed by atoms with E-state index in [0.29, 0.717) is 11.5 Å². The number of nitrogens with one attached hydrogen (secondary N) is 1. The Balaban J connectivity index is 2.68. The van der Waals surface area contributed by atoms with Gasteiger partial charge in [-0.3, -0.25) is 4.99 Å². The maximum absolute atomic E-state index is 7.08. The van der Waals surface area contributed by atoms with Crippen LogP contribution in [0.3, 0.4) is 0 Å². The molecule has 4 nitrogen and oxygen atoms in total. The quantitative estimate of drug-likeness (QED) is 0.615. The molecule has 0 fully saturated rings. The number of benzene rings is 1. The summed E-state index contributed by atoms with van der Waals surface area (Å²) in [4.78, 5) is 4.20. The standard InChI is InChI=1S/C14H16N2O2/c1-4-13(9-15)18-11(2)10-16-12-6-5-7-14(8-12)17-3/h4-10,15H,2H2,1,3H3/b13-4-,15-9?,16-10?. The van der Waals surface area contributed by atoms with E-state index < -0.39 is 0 Å². The first kappa shape index (κ1) is 13.7. The van der Waals surface area contributed by atoms with Gasteiger partial charge in [0, 0.05) is 6.07 Å². The molecule has 1 aromatic rings. The maximum Gasteiger partial charge on any atom is 0.140 e. The number of hydrogen-bond donors (Lipinski definition) is 1. The van der Waals surface area contributed by atoms with Crippen molar-refractivity contribution < 1.29 is 9.47 Å². The minimum absolute atomic E-state index is 0.370. The lowest BCUT2D eigenvalue weighted by Crippen LogP contribution is -1.93. The molecule has 0 saturated carbocycles. The molecule has 0 aliphatic rings. The average molecular weight is 244 g/mol. The Morgan fingerprint density at radius 3 is 2.83 bits per heavy atom. The van der Waals surface area contributed by atoms with E-state index in [2.05, 4.69) is 11.6 Å². The number of rotatable bonds is 6. The monoisotopic (exact) mass is 244 g/mol. The summed E-state index contributed by atoms with van der Waals surface area (Å²) in [6, 6.07) is 7.35. The zero-order valence-corrected chi connectivity index (χ0v) is 10.5. The molecule has 0 unspecified atom stereocenters. The van der Waals surface area contributed by atoms with E-state index in [-0.39, 0.29) is 0 Å².